The molecule has 2 rings (SSSR count). The van der Waals surface area contributed by atoms with Crippen LogP contribution >= 0.6 is 12.2 Å². The third-order valence-corrected chi connectivity index (χ3v) is 3.35. The van der Waals surface area contributed by atoms with Crippen LogP contribution in [0.2, 0.25) is 0 Å². The molecule has 0 saturated carbocycles. The summed E-state index contributed by atoms with van der Waals surface area (Å²) >= 11 is 4.99. The third kappa shape index (κ3) is 4.02. The molecule has 0 atom stereocenters. The van der Waals surface area contributed by atoms with Crippen LogP contribution in [0.1, 0.15) is 5.56 Å². The van der Waals surface area contributed by atoms with Crippen LogP contribution in [0, 0.1) is 0 Å². The third-order valence-electron chi connectivity index (χ3n) is 3.03. The van der Waals surface area contributed by atoms with Gasteiger partial charge in [-0.1, -0.05) is 18.2 Å². The fourth-order valence-corrected chi connectivity index (χ4v) is 2.26. The summed E-state index contributed by atoms with van der Waals surface area (Å²) in [5.74, 6) is -0.474. The predicted octanol–water partition coefficient (Wildman–Crippen LogP) is 0.870. The summed E-state index contributed by atoms with van der Waals surface area (Å²) in [4.78, 5) is 25.7. The van der Waals surface area contributed by atoms with Crippen LogP contribution in [0.4, 0.5) is 0 Å². The number of rotatable bonds is 6. The highest BCUT2D eigenvalue weighted by molar-refractivity contribution is 7.80. The van der Waals surface area contributed by atoms with Crippen molar-refractivity contribution in [2.24, 2.45) is 0 Å². The second-order valence-corrected chi connectivity index (χ2v) is 5.05. The van der Waals surface area contributed by atoms with Gasteiger partial charge in [0.15, 0.2) is 5.11 Å². The lowest BCUT2D eigenvalue weighted by Gasteiger charge is -2.27. The van der Waals surface area contributed by atoms with E-state index in [0.29, 0.717) is 11.3 Å². The zero-order valence-corrected chi connectivity index (χ0v) is 13.1. The Hall–Kier alpha value is -2.51. The molecule has 1 aromatic rings. The Morgan fingerprint density at radius 2 is 2.17 bits per heavy atom. The fourth-order valence-electron chi connectivity index (χ4n) is 2.01. The first-order valence-electron chi connectivity index (χ1n) is 6.90. The Morgan fingerprint density at radius 3 is 2.87 bits per heavy atom. The molecule has 120 valence electrons. The lowest BCUT2D eigenvalue weighted by molar-refractivity contribution is -0.128. The Balaban J connectivity index is 2.29. The second kappa shape index (κ2) is 7.66. The van der Waals surface area contributed by atoms with Crippen LogP contribution in [0.3, 0.4) is 0 Å². The molecular weight excluding hydrogens is 316 g/mol. The number of carbonyl (C=O) groups excluding carboxylic acids is 2. The lowest BCUT2D eigenvalue weighted by Crippen LogP contribution is -2.53. The number of benzene rings is 1. The maximum absolute atomic E-state index is 12.4. The fraction of sp³-hybridized carbons (Fsp3) is 0.188. The normalized spacial score (nSPS) is 16.5. The molecule has 0 aromatic heterocycles. The molecule has 1 heterocycles. The van der Waals surface area contributed by atoms with Crippen molar-refractivity contribution in [2.75, 3.05) is 19.8 Å². The molecular formula is C16H16N2O4S. The van der Waals surface area contributed by atoms with E-state index in [1.165, 1.54) is 17.1 Å². The minimum absolute atomic E-state index is 0.0141. The summed E-state index contributed by atoms with van der Waals surface area (Å²) in [5, 5.41) is 11.3. The number of nitrogens with one attached hydrogen (secondary N) is 1. The Labute approximate surface area is 139 Å². The van der Waals surface area contributed by atoms with E-state index < -0.39 is 11.8 Å². The molecule has 0 bridgehead atoms. The molecule has 6 nitrogen and oxygen atoms in total. The molecule has 2 amide bonds. The summed E-state index contributed by atoms with van der Waals surface area (Å²) in [5.41, 5.74) is 0.616. The minimum atomic E-state index is -0.540. The van der Waals surface area contributed by atoms with Crippen LogP contribution < -0.4 is 10.1 Å². The number of hydrogen-bond donors (Lipinski definition) is 2. The Kier molecular flexibility index (Phi) is 5.61. The number of aliphatic hydroxyl groups excluding tert-OH is 1. The van der Waals surface area contributed by atoms with Crippen molar-refractivity contribution in [3.05, 3.63) is 48.1 Å². The summed E-state index contributed by atoms with van der Waals surface area (Å²) in [6.45, 7) is 3.86. The van der Waals surface area contributed by atoms with Gasteiger partial charge in [-0.15, -0.1) is 6.58 Å². The first-order chi connectivity index (χ1) is 11.1. The Bertz CT molecular complexity index is 684. The molecule has 7 heteroatoms. The molecule has 1 fully saturated rings. The molecule has 1 saturated heterocycles. The Morgan fingerprint density at radius 1 is 1.39 bits per heavy atom. The van der Waals surface area contributed by atoms with Crippen molar-refractivity contribution in [3.8, 4) is 5.75 Å². The van der Waals surface area contributed by atoms with Gasteiger partial charge in [-0.25, -0.2) is 0 Å². The number of aliphatic hydroxyl groups is 1. The van der Waals surface area contributed by atoms with Crippen molar-refractivity contribution >= 4 is 35.2 Å². The van der Waals surface area contributed by atoms with Crippen LogP contribution in [-0.4, -0.2) is 46.7 Å². The average molecular weight is 332 g/mol. The number of thiocarbonyl (C=S) groups is 1. The van der Waals surface area contributed by atoms with E-state index in [1.54, 1.807) is 24.3 Å². The summed E-state index contributed by atoms with van der Waals surface area (Å²) in [6, 6.07) is 6.87. The van der Waals surface area contributed by atoms with Crippen molar-refractivity contribution in [2.45, 2.75) is 0 Å². The SMILES string of the molecule is C=CCN1C(=O)/C(=C/c2cccc(OCCO)c2)C(=O)NC1=S. The van der Waals surface area contributed by atoms with Crippen LogP contribution in [0.15, 0.2) is 42.5 Å². The number of hydrogen-bond acceptors (Lipinski definition) is 5. The van der Waals surface area contributed by atoms with Crippen molar-refractivity contribution in [1.29, 1.82) is 0 Å². The highest BCUT2D eigenvalue weighted by atomic mass is 32.1. The monoisotopic (exact) mass is 332 g/mol. The van der Waals surface area contributed by atoms with Gasteiger partial charge in [0.05, 0.1) is 6.61 Å². The summed E-state index contributed by atoms with van der Waals surface area (Å²) in [7, 11) is 0. The van der Waals surface area contributed by atoms with Crippen molar-refractivity contribution < 1.29 is 19.4 Å². The van der Waals surface area contributed by atoms with Crippen LogP contribution in [0.5, 0.6) is 5.75 Å². The predicted molar refractivity (Wildman–Crippen MR) is 89.7 cm³/mol. The molecule has 2 N–H and O–H groups in total. The molecule has 0 radical (unpaired) electrons. The first-order valence-corrected chi connectivity index (χ1v) is 7.31. The number of ether oxygens (including phenoxy) is 1. The highest BCUT2D eigenvalue weighted by Crippen LogP contribution is 2.18. The lowest BCUT2D eigenvalue weighted by atomic mass is 10.1. The molecule has 0 spiro atoms. The average Bonchev–Trinajstić information content (AvgIpc) is 2.54. The summed E-state index contributed by atoms with van der Waals surface area (Å²) in [6.07, 6.45) is 3.00. The van der Waals surface area contributed by atoms with Gasteiger partial charge in [-0.3, -0.25) is 19.8 Å². The maximum atomic E-state index is 12.4. The van der Waals surface area contributed by atoms with Crippen molar-refractivity contribution in [1.82, 2.24) is 10.2 Å². The molecule has 1 aliphatic heterocycles. The smallest absolute Gasteiger partial charge is 0.265 e. The van der Waals surface area contributed by atoms with Gasteiger partial charge >= 0.3 is 0 Å². The van der Waals surface area contributed by atoms with E-state index in [9.17, 15) is 9.59 Å². The van der Waals surface area contributed by atoms with Gasteiger partial charge in [-0.05, 0) is 36.0 Å². The number of nitrogens with zero attached hydrogens (tertiary/aromatic N) is 1. The molecule has 0 unspecified atom stereocenters. The zero-order chi connectivity index (χ0) is 16.8. The van der Waals surface area contributed by atoms with Crippen LogP contribution in [0.25, 0.3) is 6.08 Å². The van der Waals surface area contributed by atoms with E-state index in [0.717, 1.165) is 0 Å². The molecule has 23 heavy (non-hydrogen) atoms. The summed E-state index contributed by atoms with van der Waals surface area (Å²) < 4.78 is 5.31. The van der Waals surface area contributed by atoms with Gasteiger partial charge in [-0.2, -0.15) is 0 Å². The topological polar surface area (TPSA) is 78.9 Å². The molecule has 0 aliphatic carbocycles. The molecule has 1 aromatic carbocycles. The van der Waals surface area contributed by atoms with E-state index in [2.05, 4.69) is 11.9 Å². The van der Waals surface area contributed by atoms with Gasteiger partial charge in [0.2, 0.25) is 0 Å². The van der Waals surface area contributed by atoms with Gasteiger partial charge in [0, 0.05) is 6.54 Å². The zero-order valence-electron chi connectivity index (χ0n) is 12.3. The second-order valence-electron chi connectivity index (χ2n) is 4.67. The van der Waals surface area contributed by atoms with E-state index in [4.69, 9.17) is 22.1 Å². The van der Waals surface area contributed by atoms with E-state index in [-0.39, 0.29) is 30.4 Å². The van der Waals surface area contributed by atoms with Gasteiger partial charge in [0.1, 0.15) is 17.9 Å². The number of amides is 2. The standard InChI is InChI=1S/C16H16N2O4S/c1-2-6-18-15(21)13(14(20)17-16(18)23)10-11-4-3-5-12(9-11)22-8-7-19/h2-5,9-10,19H,1,6-8H2,(H,17,20,23)/b13-10+. The van der Waals surface area contributed by atoms with E-state index >= 15 is 0 Å². The van der Waals surface area contributed by atoms with Gasteiger partial charge < -0.3 is 9.84 Å². The van der Waals surface area contributed by atoms with Crippen molar-refractivity contribution in [3.63, 3.8) is 0 Å². The first kappa shape index (κ1) is 16.9. The van der Waals surface area contributed by atoms with E-state index in [1.807, 2.05) is 0 Å². The highest BCUT2D eigenvalue weighted by Gasteiger charge is 2.32. The molecule has 1 aliphatic rings. The minimum Gasteiger partial charge on any atom is -0.491 e. The number of carbonyl (C=O) groups is 2. The van der Waals surface area contributed by atoms with Gasteiger partial charge in [0.25, 0.3) is 11.8 Å². The largest absolute Gasteiger partial charge is 0.491 e. The quantitative estimate of drug-likeness (QED) is 0.350. The van der Waals surface area contributed by atoms with Crippen LogP contribution in [-0.2, 0) is 9.59 Å². The maximum Gasteiger partial charge on any atom is 0.265 e.